The van der Waals surface area contributed by atoms with Crippen molar-refractivity contribution in [3.8, 4) is 0 Å². The Bertz CT molecular complexity index is 1270. The van der Waals surface area contributed by atoms with Gasteiger partial charge in [-0.2, -0.15) is 0 Å². The van der Waals surface area contributed by atoms with E-state index in [0.29, 0.717) is 33.5 Å². The Kier molecular flexibility index (Phi) is 5.93. The highest BCUT2D eigenvalue weighted by molar-refractivity contribution is 7.92. The standard InChI is InChI=1S/C25H31NO5S/c1-15-13-20-18(21(23(27)30-8)22(31-20)25(5,6)7)14-19(15)26-32(28,29)17-11-9-16(10-12-17)24(2,3)4/h9-14,26H,1-8H3. The average Bonchev–Trinajstić information content (AvgIpc) is 3.05. The molecule has 3 aromatic rings. The number of carbonyl (C=O) groups is 1. The minimum atomic E-state index is -3.82. The number of aryl methyl sites for hydroxylation is 1. The fraction of sp³-hybridized carbons (Fsp3) is 0.400. The summed E-state index contributed by atoms with van der Waals surface area (Å²) in [7, 11) is -2.51. The molecule has 3 rings (SSSR count). The molecule has 1 N–H and O–H groups in total. The number of hydrogen-bond acceptors (Lipinski definition) is 5. The molecule has 32 heavy (non-hydrogen) atoms. The predicted molar refractivity (Wildman–Crippen MR) is 127 cm³/mol. The molecule has 0 atom stereocenters. The van der Waals surface area contributed by atoms with Gasteiger partial charge in [-0.05, 0) is 47.7 Å². The summed E-state index contributed by atoms with van der Waals surface area (Å²) in [5.74, 6) is -0.0272. The van der Waals surface area contributed by atoms with Crippen molar-refractivity contribution < 1.29 is 22.4 Å². The highest BCUT2D eigenvalue weighted by Crippen LogP contribution is 2.37. The molecule has 0 spiro atoms. The van der Waals surface area contributed by atoms with Gasteiger partial charge in [0.25, 0.3) is 10.0 Å². The third-order valence-electron chi connectivity index (χ3n) is 5.38. The highest BCUT2D eigenvalue weighted by atomic mass is 32.2. The molecule has 1 aromatic heterocycles. The largest absolute Gasteiger partial charge is 0.465 e. The number of carbonyl (C=O) groups excluding carboxylic acids is 1. The summed E-state index contributed by atoms with van der Waals surface area (Å²) in [5, 5.41) is 0.508. The van der Waals surface area contributed by atoms with Crippen molar-refractivity contribution in [3.05, 3.63) is 58.8 Å². The minimum absolute atomic E-state index is 0.0757. The second-order valence-corrected chi connectivity index (χ2v) is 11.8. The van der Waals surface area contributed by atoms with Gasteiger partial charge in [-0.3, -0.25) is 4.72 Å². The average molecular weight is 458 g/mol. The summed E-state index contributed by atoms with van der Waals surface area (Å²) in [5.41, 5.74) is 2.40. The van der Waals surface area contributed by atoms with Gasteiger partial charge in [0.15, 0.2) is 0 Å². The number of rotatable bonds is 4. The van der Waals surface area contributed by atoms with Crippen LogP contribution in [0.15, 0.2) is 45.7 Å². The summed E-state index contributed by atoms with van der Waals surface area (Å²) in [6.07, 6.45) is 0. The van der Waals surface area contributed by atoms with Crippen molar-refractivity contribution in [1.29, 1.82) is 0 Å². The number of hydrogen-bond donors (Lipinski definition) is 1. The Morgan fingerprint density at radius 3 is 2.06 bits per heavy atom. The van der Waals surface area contributed by atoms with Crippen LogP contribution in [0.25, 0.3) is 11.0 Å². The number of esters is 1. The van der Waals surface area contributed by atoms with Crippen molar-refractivity contribution in [2.75, 3.05) is 11.8 Å². The molecule has 1 heterocycles. The molecule has 2 aromatic carbocycles. The number of furan rings is 1. The predicted octanol–water partition coefficient (Wildman–Crippen LogP) is 5.92. The number of sulfonamides is 1. The highest BCUT2D eigenvalue weighted by Gasteiger charge is 2.30. The Labute approximate surface area is 190 Å². The van der Waals surface area contributed by atoms with E-state index in [1.54, 1.807) is 31.2 Å². The van der Waals surface area contributed by atoms with Crippen molar-refractivity contribution >= 4 is 32.6 Å². The van der Waals surface area contributed by atoms with Crippen LogP contribution in [-0.4, -0.2) is 21.5 Å². The van der Waals surface area contributed by atoms with Gasteiger partial charge in [-0.25, -0.2) is 13.2 Å². The molecule has 0 saturated carbocycles. The van der Waals surface area contributed by atoms with Crippen LogP contribution in [0.4, 0.5) is 5.69 Å². The zero-order valence-electron chi connectivity index (χ0n) is 19.9. The monoisotopic (exact) mass is 457 g/mol. The molecule has 0 amide bonds. The van der Waals surface area contributed by atoms with Gasteiger partial charge in [0.05, 0.1) is 17.7 Å². The van der Waals surface area contributed by atoms with Gasteiger partial charge in [-0.15, -0.1) is 0 Å². The van der Waals surface area contributed by atoms with Crippen LogP contribution < -0.4 is 4.72 Å². The van der Waals surface area contributed by atoms with E-state index in [-0.39, 0.29) is 10.3 Å². The molecule has 0 bridgehead atoms. The fourth-order valence-electron chi connectivity index (χ4n) is 3.53. The number of methoxy groups -OCH3 is 1. The molecule has 0 radical (unpaired) electrons. The third kappa shape index (κ3) is 4.53. The second-order valence-electron chi connectivity index (χ2n) is 10.1. The van der Waals surface area contributed by atoms with E-state index in [9.17, 15) is 13.2 Å². The van der Waals surface area contributed by atoms with Crippen LogP contribution in [-0.2, 0) is 25.6 Å². The first kappa shape index (κ1) is 23.9. The number of ether oxygens (including phenoxy) is 1. The molecular formula is C25H31NO5S. The summed E-state index contributed by atoms with van der Waals surface area (Å²) in [6, 6.07) is 10.2. The van der Waals surface area contributed by atoms with E-state index in [0.717, 1.165) is 5.56 Å². The third-order valence-corrected chi connectivity index (χ3v) is 6.76. The van der Waals surface area contributed by atoms with Gasteiger partial charge in [0.1, 0.15) is 16.9 Å². The number of fused-ring (bicyclic) bond motifs is 1. The van der Waals surface area contributed by atoms with E-state index in [4.69, 9.17) is 9.15 Å². The van der Waals surface area contributed by atoms with Gasteiger partial charge in [-0.1, -0.05) is 53.7 Å². The quantitative estimate of drug-likeness (QED) is 0.491. The van der Waals surface area contributed by atoms with Gasteiger partial charge >= 0.3 is 5.97 Å². The Morgan fingerprint density at radius 2 is 1.56 bits per heavy atom. The van der Waals surface area contributed by atoms with Gasteiger partial charge < -0.3 is 9.15 Å². The van der Waals surface area contributed by atoms with Crippen LogP contribution in [0.3, 0.4) is 0 Å². The van der Waals surface area contributed by atoms with E-state index in [1.165, 1.54) is 7.11 Å². The van der Waals surface area contributed by atoms with Crippen molar-refractivity contribution in [3.63, 3.8) is 0 Å². The van der Waals surface area contributed by atoms with Crippen molar-refractivity contribution in [1.82, 2.24) is 0 Å². The lowest BCUT2D eigenvalue weighted by Crippen LogP contribution is -2.16. The van der Waals surface area contributed by atoms with E-state index in [1.807, 2.05) is 32.9 Å². The fourth-order valence-corrected chi connectivity index (χ4v) is 4.65. The van der Waals surface area contributed by atoms with Crippen LogP contribution in [0.1, 0.15) is 68.8 Å². The lowest BCUT2D eigenvalue weighted by Gasteiger charge is -2.19. The van der Waals surface area contributed by atoms with Crippen LogP contribution >= 0.6 is 0 Å². The lowest BCUT2D eigenvalue weighted by atomic mass is 9.87. The minimum Gasteiger partial charge on any atom is -0.465 e. The Balaban J connectivity index is 2.09. The van der Waals surface area contributed by atoms with E-state index < -0.39 is 21.4 Å². The molecule has 0 saturated heterocycles. The first-order valence-electron chi connectivity index (χ1n) is 10.4. The normalized spacial score (nSPS) is 12.8. The molecule has 172 valence electrons. The molecule has 6 nitrogen and oxygen atoms in total. The maximum absolute atomic E-state index is 13.1. The summed E-state index contributed by atoms with van der Waals surface area (Å²) in [4.78, 5) is 12.7. The molecule has 0 aliphatic carbocycles. The SMILES string of the molecule is COC(=O)c1c(C(C)(C)C)oc2cc(C)c(NS(=O)(=O)c3ccc(C(C)(C)C)cc3)cc12. The first-order chi connectivity index (χ1) is 14.6. The molecule has 7 heteroatoms. The Hall–Kier alpha value is -2.80. The number of benzene rings is 2. The lowest BCUT2D eigenvalue weighted by molar-refractivity contribution is 0.0598. The van der Waals surface area contributed by atoms with E-state index in [2.05, 4.69) is 25.5 Å². The zero-order chi connectivity index (χ0) is 24.1. The van der Waals surface area contributed by atoms with E-state index >= 15 is 0 Å². The number of nitrogens with one attached hydrogen (secondary N) is 1. The number of anilines is 1. The van der Waals surface area contributed by atoms with Crippen LogP contribution in [0.5, 0.6) is 0 Å². The molecule has 0 aliphatic rings. The van der Waals surface area contributed by atoms with Crippen molar-refractivity contribution in [2.45, 2.75) is 64.2 Å². The molecule has 0 aliphatic heterocycles. The molecular weight excluding hydrogens is 426 g/mol. The van der Waals surface area contributed by atoms with Crippen LogP contribution in [0.2, 0.25) is 0 Å². The van der Waals surface area contributed by atoms with Gasteiger partial charge in [0.2, 0.25) is 0 Å². The van der Waals surface area contributed by atoms with Gasteiger partial charge in [0, 0.05) is 10.8 Å². The zero-order valence-corrected chi connectivity index (χ0v) is 20.7. The smallest absolute Gasteiger partial charge is 0.342 e. The van der Waals surface area contributed by atoms with Crippen molar-refractivity contribution in [2.24, 2.45) is 0 Å². The summed E-state index contributed by atoms with van der Waals surface area (Å²) >= 11 is 0. The summed E-state index contributed by atoms with van der Waals surface area (Å²) in [6.45, 7) is 13.8. The summed E-state index contributed by atoms with van der Waals surface area (Å²) < 4.78 is 39.8. The second kappa shape index (κ2) is 7.96. The first-order valence-corrected chi connectivity index (χ1v) is 11.9. The maximum atomic E-state index is 13.1. The molecule has 0 fully saturated rings. The Morgan fingerprint density at radius 1 is 0.969 bits per heavy atom. The molecule has 0 unspecified atom stereocenters. The van der Waals surface area contributed by atoms with Crippen LogP contribution in [0, 0.1) is 6.92 Å². The topological polar surface area (TPSA) is 85.6 Å². The maximum Gasteiger partial charge on any atom is 0.342 e.